The molecule has 0 fully saturated rings. The van der Waals surface area contributed by atoms with Gasteiger partial charge >= 0.3 is 6.03 Å². The molecule has 1 N–H and O–H groups in total. The van der Waals surface area contributed by atoms with Crippen LogP contribution in [-0.4, -0.2) is 23.1 Å². The number of nitrogens with zero attached hydrogens (tertiary/aromatic N) is 2. The molecule has 0 saturated carbocycles. The highest BCUT2D eigenvalue weighted by Crippen LogP contribution is 2.16. The average molecular weight is 326 g/mol. The van der Waals surface area contributed by atoms with Crippen molar-refractivity contribution in [1.29, 1.82) is 0 Å². The summed E-state index contributed by atoms with van der Waals surface area (Å²) in [5.74, 6) is 0.217. The minimum atomic E-state index is -0.479. The summed E-state index contributed by atoms with van der Waals surface area (Å²) in [6, 6.07) is 4.10. The van der Waals surface area contributed by atoms with Gasteiger partial charge in [-0.1, -0.05) is 22.8 Å². The molecule has 0 bridgehead atoms. The van der Waals surface area contributed by atoms with E-state index in [1.807, 2.05) is 13.8 Å². The van der Waals surface area contributed by atoms with Crippen LogP contribution in [0.15, 0.2) is 22.7 Å². The van der Waals surface area contributed by atoms with Crippen molar-refractivity contribution in [2.75, 3.05) is 7.05 Å². The summed E-state index contributed by atoms with van der Waals surface area (Å²) in [5, 5.41) is 6.65. The third-order valence-corrected chi connectivity index (χ3v) is 3.64. The number of carbonyl (C=O) groups is 1. The summed E-state index contributed by atoms with van der Waals surface area (Å²) in [7, 11) is 1.68. The van der Waals surface area contributed by atoms with Gasteiger partial charge in [0.25, 0.3) is 0 Å². The number of hydrogen-bond donors (Lipinski definition) is 1. The van der Waals surface area contributed by atoms with Gasteiger partial charge in [-0.15, -0.1) is 0 Å². The maximum absolute atomic E-state index is 13.1. The number of nitrogens with one attached hydrogen (secondary N) is 1. The fourth-order valence-electron chi connectivity index (χ4n) is 2.00. The molecule has 0 unspecified atom stereocenters. The minimum absolute atomic E-state index is 0.0378. The number of rotatable bonds is 4. The molecule has 118 valence electrons. The van der Waals surface area contributed by atoms with Crippen LogP contribution in [0, 0.1) is 19.7 Å². The normalized spacial score (nSPS) is 10.6. The van der Waals surface area contributed by atoms with Crippen LogP contribution in [0.25, 0.3) is 0 Å². The molecule has 5 nitrogen and oxygen atoms in total. The molecule has 1 heterocycles. The molecule has 2 rings (SSSR count). The van der Waals surface area contributed by atoms with Gasteiger partial charge in [0, 0.05) is 19.2 Å². The Kier molecular flexibility index (Phi) is 5.03. The van der Waals surface area contributed by atoms with Crippen LogP contribution < -0.4 is 5.32 Å². The highest BCUT2D eigenvalue weighted by Gasteiger charge is 2.15. The standard InChI is InChI=1S/C15H17ClFN3O2/c1-9-12(10(2)22-19-9)8-20(3)15(21)18-7-11-4-5-14(17)13(16)6-11/h4-6H,7-8H2,1-3H3,(H,18,21). The number of urea groups is 1. The molecule has 0 spiro atoms. The van der Waals surface area contributed by atoms with Gasteiger partial charge in [-0.2, -0.15) is 0 Å². The second kappa shape index (κ2) is 6.79. The predicted molar refractivity (Wildman–Crippen MR) is 81.1 cm³/mol. The molecular formula is C15H17ClFN3O2. The highest BCUT2D eigenvalue weighted by atomic mass is 35.5. The van der Waals surface area contributed by atoms with Gasteiger partial charge in [-0.25, -0.2) is 9.18 Å². The lowest BCUT2D eigenvalue weighted by atomic mass is 10.2. The predicted octanol–water partition coefficient (Wildman–Crippen LogP) is 3.43. The maximum atomic E-state index is 13.1. The number of aromatic nitrogens is 1. The minimum Gasteiger partial charge on any atom is -0.361 e. The van der Waals surface area contributed by atoms with Crippen molar-refractivity contribution in [3.63, 3.8) is 0 Å². The monoisotopic (exact) mass is 325 g/mol. The van der Waals surface area contributed by atoms with E-state index >= 15 is 0 Å². The maximum Gasteiger partial charge on any atom is 0.317 e. The van der Waals surface area contributed by atoms with Crippen LogP contribution in [0.2, 0.25) is 5.02 Å². The lowest BCUT2D eigenvalue weighted by Crippen LogP contribution is -2.36. The van der Waals surface area contributed by atoms with E-state index < -0.39 is 5.82 Å². The van der Waals surface area contributed by atoms with Crippen LogP contribution in [0.4, 0.5) is 9.18 Å². The van der Waals surface area contributed by atoms with Crippen molar-refractivity contribution >= 4 is 17.6 Å². The van der Waals surface area contributed by atoms with E-state index in [1.165, 1.54) is 17.0 Å². The van der Waals surface area contributed by atoms with Gasteiger partial charge in [0.2, 0.25) is 0 Å². The summed E-state index contributed by atoms with van der Waals surface area (Å²) in [5.41, 5.74) is 2.38. The highest BCUT2D eigenvalue weighted by molar-refractivity contribution is 6.30. The number of carbonyl (C=O) groups excluding carboxylic acids is 1. The first-order valence-electron chi connectivity index (χ1n) is 6.73. The Bertz CT molecular complexity index is 668. The quantitative estimate of drug-likeness (QED) is 0.937. The van der Waals surface area contributed by atoms with Crippen molar-refractivity contribution in [3.8, 4) is 0 Å². The molecule has 7 heteroatoms. The van der Waals surface area contributed by atoms with Gasteiger partial charge in [-0.05, 0) is 31.5 Å². The second-order valence-electron chi connectivity index (χ2n) is 5.07. The molecule has 2 amide bonds. The van der Waals surface area contributed by atoms with E-state index in [-0.39, 0.29) is 17.6 Å². The average Bonchev–Trinajstić information content (AvgIpc) is 2.80. The van der Waals surface area contributed by atoms with E-state index in [1.54, 1.807) is 13.1 Å². The van der Waals surface area contributed by atoms with Crippen molar-refractivity contribution < 1.29 is 13.7 Å². The van der Waals surface area contributed by atoms with Crippen molar-refractivity contribution in [2.45, 2.75) is 26.9 Å². The van der Waals surface area contributed by atoms with Gasteiger partial charge in [0.05, 0.1) is 17.3 Å². The molecule has 22 heavy (non-hydrogen) atoms. The SMILES string of the molecule is Cc1noc(C)c1CN(C)C(=O)NCc1ccc(F)c(Cl)c1. The Morgan fingerprint density at radius 1 is 1.45 bits per heavy atom. The molecule has 1 aromatic carbocycles. The largest absolute Gasteiger partial charge is 0.361 e. The second-order valence-corrected chi connectivity index (χ2v) is 5.47. The molecule has 2 aromatic rings. The molecule has 0 radical (unpaired) electrons. The number of hydrogen-bond acceptors (Lipinski definition) is 3. The van der Waals surface area contributed by atoms with Gasteiger partial charge in [-0.3, -0.25) is 0 Å². The molecular weight excluding hydrogens is 309 g/mol. The Morgan fingerprint density at radius 2 is 2.18 bits per heavy atom. The van der Waals surface area contributed by atoms with Crippen LogP contribution in [-0.2, 0) is 13.1 Å². The van der Waals surface area contributed by atoms with Gasteiger partial charge in [0.1, 0.15) is 11.6 Å². The molecule has 0 aliphatic carbocycles. The van der Waals surface area contributed by atoms with Crippen molar-refractivity contribution in [2.24, 2.45) is 0 Å². The Balaban J connectivity index is 1.92. The van der Waals surface area contributed by atoms with Gasteiger partial charge in [0.15, 0.2) is 0 Å². The number of amides is 2. The van der Waals surface area contributed by atoms with E-state index in [2.05, 4.69) is 10.5 Å². The first-order chi connectivity index (χ1) is 10.4. The summed E-state index contributed by atoms with van der Waals surface area (Å²) >= 11 is 5.71. The van der Waals surface area contributed by atoms with Crippen LogP contribution >= 0.6 is 11.6 Å². The van der Waals surface area contributed by atoms with Gasteiger partial charge < -0.3 is 14.7 Å². The first-order valence-corrected chi connectivity index (χ1v) is 7.11. The number of benzene rings is 1. The zero-order valence-electron chi connectivity index (χ0n) is 12.6. The Hall–Kier alpha value is -2.08. The number of halogens is 2. The summed E-state index contributed by atoms with van der Waals surface area (Å²) < 4.78 is 18.1. The fourth-order valence-corrected chi connectivity index (χ4v) is 2.20. The Labute approximate surface area is 133 Å². The first kappa shape index (κ1) is 16.3. The zero-order valence-corrected chi connectivity index (χ0v) is 13.4. The fraction of sp³-hybridized carbons (Fsp3) is 0.333. The van der Waals surface area contributed by atoms with Crippen LogP contribution in [0.3, 0.4) is 0 Å². The van der Waals surface area contributed by atoms with E-state index in [0.29, 0.717) is 12.3 Å². The van der Waals surface area contributed by atoms with Crippen LogP contribution in [0.5, 0.6) is 0 Å². The summed E-state index contributed by atoms with van der Waals surface area (Å²) in [6.07, 6.45) is 0. The lowest BCUT2D eigenvalue weighted by Gasteiger charge is -2.18. The molecule has 1 aromatic heterocycles. The lowest BCUT2D eigenvalue weighted by molar-refractivity contribution is 0.206. The summed E-state index contributed by atoms with van der Waals surface area (Å²) in [6.45, 7) is 4.31. The smallest absolute Gasteiger partial charge is 0.317 e. The van der Waals surface area contributed by atoms with E-state index in [4.69, 9.17) is 16.1 Å². The van der Waals surface area contributed by atoms with Crippen LogP contribution in [0.1, 0.15) is 22.6 Å². The topological polar surface area (TPSA) is 58.4 Å². The molecule has 0 aliphatic rings. The third kappa shape index (κ3) is 3.76. The molecule has 0 saturated heterocycles. The van der Waals surface area contributed by atoms with Crippen molar-refractivity contribution in [3.05, 3.63) is 51.6 Å². The summed E-state index contributed by atoms with van der Waals surface area (Å²) in [4.78, 5) is 13.6. The zero-order chi connectivity index (χ0) is 16.3. The van der Waals surface area contributed by atoms with E-state index in [0.717, 1.165) is 16.8 Å². The van der Waals surface area contributed by atoms with E-state index in [9.17, 15) is 9.18 Å². The van der Waals surface area contributed by atoms with Crippen molar-refractivity contribution in [1.82, 2.24) is 15.4 Å². The Morgan fingerprint density at radius 3 is 2.77 bits per heavy atom. The third-order valence-electron chi connectivity index (χ3n) is 3.35. The number of aryl methyl sites for hydroxylation is 2. The molecule has 0 aliphatic heterocycles. The molecule has 0 atom stereocenters.